The van der Waals surface area contributed by atoms with Gasteiger partial charge in [-0.25, -0.2) is 4.79 Å². The molecule has 9 heteroatoms. The van der Waals surface area contributed by atoms with Gasteiger partial charge in [-0.1, -0.05) is 11.2 Å². The summed E-state index contributed by atoms with van der Waals surface area (Å²) in [5.74, 6) is -0.169. The zero-order valence-electron chi connectivity index (χ0n) is 16.2. The van der Waals surface area contributed by atoms with Crippen LogP contribution in [0.15, 0.2) is 47.6 Å². The van der Waals surface area contributed by atoms with Crippen molar-refractivity contribution in [3.63, 3.8) is 0 Å². The maximum atomic E-state index is 12.8. The molecule has 1 fully saturated rings. The van der Waals surface area contributed by atoms with Crippen molar-refractivity contribution in [3.05, 3.63) is 59.2 Å². The summed E-state index contributed by atoms with van der Waals surface area (Å²) in [4.78, 5) is 16.8. The monoisotopic (exact) mass is 422 g/mol. The van der Waals surface area contributed by atoms with E-state index in [1.807, 2.05) is 0 Å². The summed E-state index contributed by atoms with van der Waals surface area (Å²) in [5.41, 5.74) is 5.05. The SMILES string of the molecule is COc1ccc(C(N)=NOC(=O)c2cccc(C(F)(F)F)c2)cc1OC1CCCC1. The Labute approximate surface area is 171 Å². The van der Waals surface area contributed by atoms with Gasteiger partial charge in [0.25, 0.3) is 0 Å². The van der Waals surface area contributed by atoms with Gasteiger partial charge >= 0.3 is 12.1 Å². The zero-order valence-corrected chi connectivity index (χ0v) is 16.2. The second-order valence-electron chi connectivity index (χ2n) is 6.82. The van der Waals surface area contributed by atoms with Crippen LogP contribution in [0.5, 0.6) is 11.5 Å². The van der Waals surface area contributed by atoms with Crippen molar-refractivity contribution in [2.75, 3.05) is 7.11 Å². The van der Waals surface area contributed by atoms with Crippen molar-refractivity contribution in [1.29, 1.82) is 0 Å². The van der Waals surface area contributed by atoms with E-state index in [1.165, 1.54) is 13.2 Å². The molecule has 30 heavy (non-hydrogen) atoms. The number of oxime groups is 1. The average molecular weight is 422 g/mol. The van der Waals surface area contributed by atoms with E-state index in [2.05, 4.69) is 5.16 Å². The third-order valence-corrected chi connectivity index (χ3v) is 4.71. The molecule has 0 aliphatic heterocycles. The molecule has 0 atom stereocenters. The van der Waals surface area contributed by atoms with Gasteiger partial charge in [0.15, 0.2) is 17.3 Å². The van der Waals surface area contributed by atoms with Gasteiger partial charge in [-0.15, -0.1) is 0 Å². The van der Waals surface area contributed by atoms with Crippen LogP contribution in [-0.2, 0) is 11.0 Å². The number of benzene rings is 2. The minimum atomic E-state index is -4.57. The maximum Gasteiger partial charge on any atom is 0.416 e. The highest BCUT2D eigenvalue weighted by atomic mass is 19.4. The third kappa shape index (κ3) is 5.22. The number of alkyl halides is 3. The second kappa shape index (κ2) is 9.06. The molecule has 0 heterocycles. The van der Waals surface area contributed by atoms with E-state index in [-0.39, 0.29) is 17.5 Å². The lowest BCUT2D eigenvalue weighted by Gasteiger charge is -2.16. The number of rotatable bonds is 6. The molecular formula is C21H21F3N2O4. The first-order valence-electron chi connectivity index (χ1n) is 9.35. The number of ether oxygens (including phenoxy) is 2. The van der Waals surface area contributed by atoms with Crippen LogP contribution in [0.2, 0.25) is 0 Å². The van der Waals surface area contributed by atoms with E-state index < -0.39 is 17.7 Å². The molecule has 0 unspecified atom stereocenters. The first kappa shape index (κ1) is 21.5. The van der Waals surface area contributed by atoms with Crippen molar-refractivity contribution >= 4 is 11.8 Å². The van der Waals surface area contributed by atoms with Gasteiger partial charge in [-0.2, -0.15) is 13.2 Å². The lowest BCUT2D eigenvalue weighted by Crippen LogP contribution is -2.17. The molecule has 1 saturated carbocycles. The molecule has 3 rings (SSSR count). The number of hydrogen-bond donors (Lipinski definition) is 1. The van der Waals surface area contributed by atoms with Crippen LogP contribution in [-0.4, -0.2) is 25.0 Å². The molecule has 0 aromatic heterocycles. The van der Waals surface area contributed by atoms with Crippen LogP contribution in [0, 0.1) is 0 Å². The van der Waals surface area contributed by atoms with Crippen molar-refractivity contribution in [1.82, 2.24) is 0 Å². The number of hydrogen-bond acceptors (Lipinski definition) is 5. The van der Waals surface area contributed by atoms with Gasteiger partial charge in [-0.3, -0.25) is 0 Å². The van der Waals surface area contributed by atoms with Gasteiger partial charge in [0.05, 0.1) is 24.3 Å². The quantitative estimate of drug-likeness (QED) is 0.321. The lowest BCUT2D eigenvalue weighted by atomic mass is 10.1. The van der Waals surface area contributed by atoms with Crippen LogP contribution in [0.4, 0.5) is 13.2 Å². The van der Waals surface area contributed by atoms with E-state index in [4.69, 9.17) is 20.0 Å². The first-order chi connectivity index (χ1) is 14.3. The molecule has 0 spiro atoms. The molecule has 2 aromatic carbocycles. The van der Waals surface area contributed by atoms with Crippen molar-refractivity contribution in [2.24, 2.45) is 10.9 Å². The third-order valence-electron chi connectivity index (χ3n) is 4.71. The Morgan fingerprint density at radius 1 is 1.07 bits per heavy atom. The van der Waals surface area contributed by atoms with Crippen molar-refractivity contribution < 1.29 is 32.3 Å². The molecule has 6 nitrogen and oxygen atoms in total. The number of nitrogens with two attached hydrogens (primary N) is 1. The average Bonchev–Trinajstić information content (AvgIpc) is 3.24. The van der Waals surface area contributed by atoms with Gasteiger partial charge < -0.3 is 20.0 Å². The minimum Gasteiger partial charge on any atom is -0.493 e. The summed E-state index contributed by atoms with van der Waals surface area (Å²) in [6.45, 7) is 0. The van der Waals surface area contributed by atoms with E-state index in [1.54, 1.807) is 18.2 Å². The summed E-state index contributed by atoms with van der Waals surface area (Å²) < 4.78 is 49.7. The predicted octanol–water partition coefficient (Wildman–Crippen LogP) is 4.51. The fourth-order valence-electron chi connectivity index (χ4n) is 3.13. The van der Waals surface area contributed by atoms with E-state index in [9.17, 15) is 18.0 Å². The summed E-state index contributed by atoms with van der Waals surface area (Å²) in [5, 5.41) is 3.56. The number of nitrogens with zero attached hydrogens (tertiary/aromatic N) is 1. The topological polar surface area (TPSA) is 83.1 Å². The molecular weight excluding hydrogens is 401 g/mol. The standard InChI is InChI=1S/C21H21F3N2O4/c1-28-17-10-9-13(12-18(17)29-16-7-2-3-8-16)19(25)26-30-20(27)14-5-4-6-15(11-14)21(22,23)24/h4-6,9-12,16H,2-3,7-8H2,1H3,(H2,25,26). The zero-order chi connectivity index (χ0) is 21.7. The van der Waals surface area contributed by atoms with Gasteiger partial charge in [0.2, 0.25) is 0 Å². The number of carbonyl (C=O) groups is 1. The number of methoxy groups -OCH3 is 1. The molecule has 0 bridgehead atoms. The highest BCUT2D eigenvalue weighted by Gasteiger charge is 2.31. The van der Waals surface area contributed by atoms with E-state index in [0.717, 1.165) is 37.8 Å². The van der Waals surface area contributed by atoms with E-state index >= 15 is 0 Å². The lowest BCUT2D eigenvalue weighted by molar-refractivity contribution is -0.137. The Morgan fingerprint density at radius 2 is 1.80 bits per heavy atom. The van der Waals surface area contributed by atoms with Gasteiger partial charge in [-0.05, 0) is 62.1 Å². The highest BCUT2D eigenvalue weighted by molar-refractivity contribution is 5.98. The second-order valence-corrected chi connectivity index (χ2v) is 6.82. The van der Waals surface area contributed by atoms with Crippen molar-refractivity contribution in [3.8, 4) is 11.5 Å². The molecule has 1 aliphatic carbocycles. The van der Waals surface area contributed by atoms with Crippen LogP contribution >= 0.6 is 0 Å². The fraction of sp³-hybridized carbons (Fsp3) is 0.333. The Kier molecular flexibility index (Phi) is 6.49. The number of carbonyl (C=O) groups excluding carboxylic acids is 1. The molecule has 0 saturated heterocycles. The van der Waals surface area contributed by atoms with Crippen LogP contribution in [0.1, 0.15) is 47.2 Å². The highest BCUT2D eigenvalue weighted by Crippen LogP contribution is 2.32. The molecule has 160 valence electrons. The molecule has 0 amide bonds. The summed E-state index contributed by atoms with van der Waals surface area (Å²) >= 11 is 0. The van der Waals surface area contributed by atoms with E-state index in [0.29, 0.717) is 23.1 Å². The van der Waals surface area contributed by atoms with Crippen LogP contribution < -0.4 is 15.2 Å². The predicted molar refractivity (Wildman–Crippen MR) is 103 cm³/mol. The summed E-state index contributed by atoms with van der Waals surface area (Å²) in [6, 6.07) is 8.74. The van der Waals surface area contributed by atoms with Gasteiger partial charge in [0.1, 0.15) is 0 Å². The maximum absolute atomic E-state index is 12.8. The number of halogens is 3. The Balaban J connectivity index is 1.74. The summed E-state index contributed by atoms with van der Waals surface area (Å²) in [7, 11) is 1.52. The van der Waals surface area contributed by atoms with Crippen LogP contribution in [0.25, 0.3) is 0 Å². The van der Waals surface area contributed by atoms with Crippen LogP contribution in [0.3, 0.4) is 0 Å². The number of amidine groups is 1. The smallest absolute Gasteiger partial charge is 0.416 e. The first-order valence-corrected chi connectivity index (χ1v) is 9.35. The Bertz CT molecular complexity index is 938. The largest absolute Gasteiger partial charge is 0.493 e. The van der Waals surface area contributed by atoms with Gasteiger partial charge in [0, 0.05) is 5.56 Å². The molecule has 2 N–H and O–H groups in total. The Morgan fingerprint density at radius 3 is 2.47 bits per heavy atom. The van der Waals surface area contributed by atoms with Crippen molar-refractivity contribution in [2.45, 2.75) is 38.0 Å². The molecule has 1 aliphatic rings. The Hall–Kier alpha value is -3.23. The fourth-order valence-corrected chi connectivity index (χ4v) is 3.13. The molecule has 0 radical (unpaired) electrons. The normalized spacial score (nSPS) is 15.1. The summed E-state index contributed by atoms with van der Waals surface area (Å²) in [6.07, 6.45) is -0.385. The minimum absolute atomic E-state index is 0.0889. The molecule has 2 aromatic rings.